The number of aromatic nitrogens is 5. The molecule has 152 valence electrons. The third-order valence-electron chi connectivity index (χ3n) is 4.22. The summed E-state index contributed by atoms with van der Waals surface area (Å²) < 4.78 is 6.91. The molecule has 0 amide bonds. The highest BCUT2D eigenvalue weighted by Crippen LogP contribution is 2.25. The van der Waals surface area contributed by atoms with Crippen LogP contribution in [0.5, 0.6) is 11.6 Å². The van der Waals surface area contributed by atoms with Gasteiger partial charge in [-0.15, -0.1) is 0 Å². The van der Waals surface area contributed by atoms with E-state index in [2.05, 4.69) is 25.4 Å². The molecule has 11 heteroatoms. The second-order valence-corrected chi connectivity index (χ2v) is 6.81. The van der Waals surface area contributed by atoms with E-state index < -0.39 is 4.92 Å². The van der Waals surface area contributed by atoms with Crippen LogP contribution in [0, 0.1) is 24.0 Å². The predicted octanol–water partition coefficient (Wildman–Crippen LogP) is 4.10. The molecule has 0 saturated carbocycles. The minimum absolute atomic E-state index is 0.207. The summed E-state index contributed by atoms with van der Waals surface area (Å²) in [6.07, 6.45) is 1.15. The summed E-state index contributed by atoms with van der Waals surface area (Å²) in [6, 6.07) is 10.6. The van der Waals surface area contributed by atoms with Gasteiger partial charge in [-0.2, -0.15) is 0 Å². The summed E-state index contributed by atoms with van der Waals surface area (Å²) >= 11 is 6.27. The molecule has 3 heterocycles. The number of rotatable bonds is 6. The van der Waals surface area contributed by atoms with Crippen LogP contribution in [0.15, 0.2) is 42.6 Å². The van der Waals surface area contributed by atoms with Gasteiger partial charge in [-0.1, -0.05) is 28.2 Å². The number of aryl methyl sites for hydroxylation is 2. The number of halogens is 1. The van der Waals surface area contributed by atoms with Crippen molar-refractivity contribution < 1.29 is 9.66 Å². The SMILES string of the molecule is Cc1nc(C)c(Cl)c(NCc2cccc(Oc3ccc4ncc([N+](=O)[O-])n4n3)c2)n1. The smallest absolute Gasteiger partial charge is 0.368 e. The Balaban J connectivity index is 1.52. The molecule has 4 aromatic rings. The molecule has 30 heavy (non-hydrogen) atoms. The molecule has 0 saturated heterocycles. The van der Waals surface area contributed by atoms with E-state index in [1.54, 1.807) is 25.1 Å². The summed E-state index contributed by atoms with van der Waals surface area (Å²) in [5.74, 6) is 1.70. The first-order valence-electron chi connectivity index (χ1n) is 8.91. The number of hydrogen-bond donors (Lipinski definition) is 1. The van der Waals surface area contributed by atoms with Crippen LogP contribution in [0.25, 0.3) is 5.65 Å². The number of fused-ring (bicyclic) bond motifs is 1. The van der Waals surface area contributed by atoms with E-state index in [1.807, 2.05) is 25.1 Å². The van der Waals surface area contributed by atoms with Gasteiger partial charge in [0.1, 0.15) is 28.6 Å². The molecule has 0 bridgehead atoms. The third kappa shape index (κ3) is 3.98. The zero-order valence-electron chi connectivity index (χ0n) is 16.0. The fourth-order valence-corrected chi connectivity index (χ4v) is 3.02. The second kappa shape index (κ2) is 7.91. The Bertz CT molecular complexity index is 1260. The van der Waals surface area contributed by atoms with Gasteiger partial charge in [0.05, 0.1) is 5.69 Å². The largest absolute Gasteiger partial charge is 0.436 e. The number of nitrogens with one attached hydrogen (secondary N) is 1. The fourth-order valence-electron chi connectivity index (χ4n) is 2.86. The standard InChI is InChI=1S/C19H16ClN7O3/c1-11-18(20)19(24-12(2)23-11)22-9-13-4-3-5-14(8-13)30-16-7-6-15-21-10-17(27(28)29)26(15)25-16/h3-8,10H,9H2,1-2H3,(H,22,23,24). The summed E-state index contributed by atoms with van der Waals surface area (Å²) in [5, 5.41) is 18.9. The first-order valence-corrected chi connectivity index (χ1v) is 9.29. The summed E-state index contributed by atoms with van der Waals surface area (Å²) in [6.45, 7) is 4.09. The number of imidazole rings is 1. The summed E-state index contributed by atoms with van der Waals surface area (Å²) in [4.78, 5) is 23.0. The Hall–Kier alpha value is -3.79. The van der Waals surface area contributed by atoms with Gasteiger partial charge in [-0.25, -0.2) is 15.0 Å². The van der Waals surface area contributed by atoms with Gasteiger partial charge in [-0.3, -0.25) is 0 Å². The molecular weight excluding hydrogens is 410 g/mol. The van der Waals surface area contributed by atoms with Crippen molar-refractivity contribution in [3.63, 3.8) is 0 Å². The predicted molar refractivity (Wildman–Crippen MR) is 110 cm³/mol. The topological polar surface area (TPSA) is 120 Å². The first kappa shape index (κ1) is 19.5. The van der Waals surface area contributed by atoms with E-state index in [0.717, 1.165) is 16.3 Å². The van der Waals surface area contributed by atoms with Crippen LogP contribution in [0.3, 0.4) is 0 Å². The minimum atomic E-state index is -0.551. The molecule has 0 radical (unpaired) electrons. The molecule has 0 aliphatic carbocycles. The number of anilines is 1. The van der Waals surface area contributed by atoms with Gasteiger partial charge in [0.15, 0.2) is 0 Å². The number of ether oxygens (including phenoxy) is 1. The lowest BCUT2D eigenvalue weighted by Crippen LogP contribution is -2.05. The molecule has 1 aromatic carbocycles. The van der Waals surface area contributed by atoms with Gasteiger partial charge in [-0.05, 0) is 41.6 Å². The molecule has 0 fully saturated rings. The molecule has 3 aromatic heterocycles. The van der Waals surface area contributed by atoms with Gasteiger partial charge in [0.2, 0.25) is 5.65 Å². The first-order chi connectivity index (χ1) is 14.4. The average molecular weight is 426 g/mol. The Kier molecular flexibility index (Phi) is 5.15. The molecule has 1 N–H and O–H groups in total. The van der Waals surface area contributed by atoms with Crippen LogP contribution >= 0.6 is 11.6 Å². The molecule has 0 unspecified atom stereocenters. The minimum Gasteiger partial charge on any atom is -0.436 e. The molecule has 0 aliphatic rings. The Labute approximate surface area is 175 Å². The number of hydrogen-bond acceptors (Lipinski definition) is 8. The van der Waals surface area contributed by atoms with Crippen LogP contribution in [-0.2, 0) is 6.54 Å². The Morgan fingerprint density at radius 2 is 2.07 bits per heavy atom. The molecule has 0 spiro atoms. The molecular formula is C19H16ClN7O3. The van der Waals surface area contributed by atoms with Gasteiger partial charge in [0, 0.05) is 18.7 Å². The summed E-state index contributed by atoms with van der Waals surface area (Å²) in [7, 11) is 0. The van der Waals surface area contributed by atoms with Crippen LogP contribution < -0.4 is 10.1 Å². The molecule has 0 atom stereocenters. The summed E-state index contributed by atoms with van der Waals surface area (Å²) in [5.41, 5.74) is 1.99. The van der Waals surface area contributed by atoms with Crippen LogP contribution in [-0.4, -0.2) is 29.5 Å². The lowest BCUT2D eigenvalue weighted by Gasteiger charge is -2.11. The van der Waals surface area contributed by atoms with Crippen molar-refractivity contribution in [3.8, 4) is 11.6 Å². The average Bonchev–Trinajstić information content (AvgIpc) is 3.13. The van der Waals surface area contributed by atoms with Crippen LogP contribution in [0.4, 0.5) is 11.6 Å². The quantitative estimate of drug-likeness (QED) is 0.362. The van der Waals surface area contributed by atoms with Crippen molar-refractivity contribution in [2.45, 2.75) is 20.4 Å². The van der Waals surface area contributed by atoms with Gasteiger partial charge >= 0.3 is 5.82 Å². The monoisotopic (exact) mass is 425 g/mol. The maximum atomic E-state index is 11.1. The van der Waals surface area contributed by atoms with Crippen LogP contribution in [0.1, 0.15) is 17.1 Å². The lowest BCUT2D eigenvalue weighted by atomic mass is 10.2. The lowest BCUT2D eigenvalue weighted by molar-refractivity contribution is -0.391. The second-order valence-electron chi connectivity index (χ2n) is 6.44. The van der Waals surface area contributed by atoms with Crippen molar-refractivity contribution in [1.29, 1.82) is 0 Å². The van der Waals surface area contributed by atoms with Gasteiger partial charge in [0.25, 0.3) is 5.88 Å². The molecule has 4 rings (SSSR count). The van der Waals surface area contributed by atoms with Crippen LogP contribution in [0.2, 0.25) is 5.02 Å². The van der Waals surface area contributed by atoms with E-state index in [4.69, 9.17) is 16.3 Å². The van der Waals surface area contributed by atoms with Crippen molar-refractivity contribution >= 4 is 28.9 Å². The van der Waals surface area contributed by atoms with E-state index in [1.165, 1.54) is 0 Å². The van der Waals surface area contributed by atoms with E-state index in [0.29, 0.717) is 40.3 Å². The van der Waals surface area contributed by atoms with E-state index in [-0.39, 0.29) is 11.7 Å². The third-order valence-corrected chi connectivity index (χ3v) is 4.67. The Morgan fingerprint density at radius 1 is 1.23 bits per heavy atom. The highest BCUT2D eigenvalue weighted by atomic mass is 35.5. The number of benzene rings is 1. The maximum Gasteiger partial charge on any atom is 0.368 e. The maximum absolute atomic E-state index is 11.1. The number of nitro groups is 1. The van der Waals surface area contributed by atoms with Crippen molar-refractivity contribution in [2.75, 3.05) is 5.32 Å². The zero-order chi connectivity index (χ0) is 21.3. The van der Waals surface area contributed by atoms with Gasteiger partial charge < -0.3 is 20.2 Å². The molecule has 10 nitrogen and oxygen atoms in total. The van der Waals surface area contributed by atoms with Crippen molar-refractivity contribution in [2.24, 2.45) is 0 Å². The molecule has 0 aliphatic heterocycles. The number of nitrogens with zero attached hydrogens (tertiary/aromatic N) is 6. The van der Waals surface area contributed by atoms with E-state index >= 15 is 0 Å². The van der Waals surface area contributed by atoms with Crippen molar-refractivity contribution in [3.05, 3.63) is 74.8 Å². The highest BCUT2D eigenvalue weighted by Gasteiger charge is 2.16. The van der Waals surface area contributed by atoms with E-state index in [9.17, 15) is 10.1 Å². The highest BCUT2D eigenvalue weighted by molar-refractivity contribution is 6.33. The Morgan fingerprint density at radius 3 is 2.87 bits per heavy atom. The van der Waals surface area contributed by atoms with Crippen molar-refractivity contribution in [1.82, 2.24) is 24.6 Å². The zero-order valence-corrected chi connectivity index (χ0v) is 16.8. The normalized spacial score (nSPS) is 10.9. The fraction of sp³-hybridized carbons (Fsp3) is 0.158.